The van der Waals surface area contributed by atoms with Gasteiger partial charge in [0.05, 0.1) is 13.2 Å². The van der Waals surface area contributed by atoms with Crippen molar-refractivity contribution in [2.45, 2.75) is 86.7 Å². The van der Waals surface area contributed by atoms with E-state index in [0.29, 0.717) is 29.6 Å². The van der Waals surface area contributed by atoms with Gasteiger partial charge in [0.15, 0.2) is 5.78 Å². The molecule has 0 aliphatic heterocycles. The highest BCUT2D eigenvalue weighted by Crippen LogP contribution is 2.69. The lowest BCUT2D eigenvalue weighted by molar-refractivity contribution is -0.157. The fraction of sp³-hybridized carbons (Fsp3) is 0.613. The van der Waals surface area contributed by atoms with Gasteiger partial charge in [-0.05, 0) is 74.7 Å². The van der Waals surface area contributed by atoms with E-state index in [1.807, 2.05) is 31.2 Å². The van der Waals surface area contributed by atoms with Crippen molar-refractivity contribution in [3.05, 3.63) is 58.7 Å². The Balaban J connectivity index is 1.83. The number of carbonyl (C=O) groups excluding carboxylic acids is 2. The third-order valence-corrected chi connectivity index (χ3v) is 9.58. The molecule has 3 aliphatic rings. The van der Waals surface area contributed by atoms with E-state index in [4.69, 9.17) is 4.74 Å². The van der Waals surface area contributed by atoms with Crippen LogP contribution in [0.3, 0.4) is 0 Å². The Bertz CT molecular complexity index is 1020. The summed E-state index contributed by atoms with van der Waals surface area (Å²) < 4.78 is 4.70. The Morgan fingerprint density at radius 3 is 2.29 bits per heavy atom. The molecule has 0 amide bonds. The van der Waals surface area contributed by atoms with Crippen LogP contribution in [0.4, 0.5) is 0 Å². The number of ketones is 1. The largest absolute Gasteiger partial charge is 0.466 e. The number of fused-ring (bicyclic) bond motifs is 3. The van der Waals surface area contributed by atoms with Crippen LogP contribution < -0.4 is 0 Å². The second-order valence-electron chi connectivity index (χ2n) is 12.1. The van der Waals surface area contributed by atoms with Crippen LogP contribution in [0, 0.1) is 28.1 Å². The van der Waals surface area contributed by atoms with Gasteiger partial charge in [0.25, 0.3) is 0 Å². The maximum absolute atomic E-state index is 13.4. The Labute approximate surface area is 211 Å². The van der Waals surface area contributed by atoms with Crippen molar-refractivity contribution in [1.29, 1.82) is 0 Å². The van der Waals surface area contributed by atoms with E-state index in [0.717, 1.165) is 42.4 Å². The highest BCUT2D eigenvalue weighted by Gasteiger charge is 2.64. The van der Waals surface area contributed by atoms with Gasteiger partial charge in [-0.25, -0.2) is 4.79 Å². The number of Topliss-reactive ketones (excluding diaryl/α,β-unsaturated/α-hetero) is 1. The van der Waals surface area contributed by atoms with Crippen LogP contribution in [0.1, 0.15) is 80.6 Å². The van der Waals surface area contributed by atoms with E-state index in [1.165, 1.54) is 7.11 Å². The second kappa shape index (κ2) is 10.0. The molecule has 0 spiro atoms. The van der Waals surface area contributed by atoms with Crippen LogP contribution in [-0.2, 0) is 14.3 Å². The zero-order chi connectivity index (χ0) is 26.2. The van der Waals surface area contributed by atoms with Gasteiger partial charge in [-0.3, -0.25) is 4.79 Å². The molecule has 0 heterocycles. The maximum Gasteiger partial charge on any atom is 0.333 e. The van der Waals surface area contributed by atoms with E-state index in [-0.39, 0.29) is 28.3 Å². The molecule has 35 heavy (non-hydrogen) atoms. The topological polar surface area (TPSA) is 63.6 Å². The summed E-state index contributed by atoms with van der Waals surface area (Å²) in [5, 5.41) is 10.7. The van der Waals surface area contributed by atoms with Crippen molar-refractivity contribution in [3.8, 4) is 0 Å². The molecule has 3 saturated carbocycles. The fourth-order valence-electron chi connectivity index (χ4n) is 7.63. The summed E-state index contributed by atoms with van der Waals surface area (Å²) in [5.41, 5.74) is 3.53. The predicted molar refractivity (Wildman–Crippen MR) is 142 cm³/mol. The summed E-state index contributed by atoms with van der Waals surface area (Å²) in [6.45, 7) is 14.9. The molecule has 0 saturated heterocycles. The Kier molecular flexibility index (Phi) is 7.86. The second-order valence-corrected chi connectivity index (χ2v) is 12.1. The van der Waals surface area contributed by atoms with E-state index >= 15 is 0 Å². The zero-order valence-electron chi connectivity index (χ0n) is 22.9. The van der Waals surface area contributed by atoms with Gasteiger partial charge in [0, 0.05) is 23.0 Å². The van der Waals surface area contributed by atoms with Crippen LogP contribution in [0.2, 0.25) is 0 Å². The lowest BCUT2D eigenvalue weighted by Crippen LogP contribution is -2.57. The molecule has 4 heteroatoms. The quantitative estimate of drug-likeness (QED) is 0.271. The van der Waals surface area contributed by atoms with Crippen molar-refractivity contribution < 1.29 is 19.4 Å². The number of ether oxygens (including phenoxy) is 1. The van der Waals surface area contributed by atoms with Crippen molar-refractivity contribution in [3.63, 3.8) is 0 Å². The van der Waals surface area contributed by atoms with E-state index in [9.17, 15) is 14.7 Å². The molecule has 5 atom stereocenters. The minimum absolute atomic E-state index is 0.0776. The zero-order valence-corrected chi connectivity index (χ0v) is 22.9. The number of aliphatic hydroxyl groups is 1. The van der Waals surface area contributed by atoms with Gasteiger partial charge in [-0.1, -0.05) is 69.7 Å². The van der Waals surface area contributed by atoms with Crippen molar-refractivity contribution in [2.24, 2.45) is 28.1 Å². The van der Waals surface area contributed by atoms with Crippen LogP contribution >= 0.6 is 0 Å². The minimum atomic E-state index is -0.331. The van der Waals surface area contributed by atoms with Gasteiger partial charge in [-0.15, -0.1) is 0 Å². The predicted octanol–water partition coefficient (Wildman–Crippen LogP) is 6.67. The summed E-state index contributed by atoms with van der Waals surface area (Å²) in [5.74, 6) is 0.738. The Hall–Kier alpha value is -2.20. The lowest BCUT2D eigenvalue weighted by atomic mass is 9.43. The van der Waals surface area contributed by atoms with Crippen LogP contribution in [-0.4, -0.2) is 30.1 Å². The highest BCUT2D eigenvalue weighted by molar-refractivity contribution is 6.00. The molecule has 3 aliphatic carbocycles. The number of allylic oxidation sites excluding steroid dienone is 9. The van der Waals surface area contributed by atoms with Crippen LogP contribution in [0.5, 0.6) is 0 Å². The van der Waals surface area contributed by atoms with Gasteiger partial charge in [0.1, 0.15) is 0 Å². The lowest BCUT2D eigenvalue weighted by Gasteiger charge is -2.62. The van der Waals surface area contributed by atoms with E-state index in [2.05, 4.69) is 40.7 Å². The number of hydrogen-bond acceptors (Lipinski definition) is 4. The molecule has 0 bridgehead atoms. The molecule has 0 aromatic carbocycles. The molecule has 4 nitrogen and oxygen atoms in total. The molecule has 1 N–H and O–H groups in total. The standard InChI is InChI=1S/C31H44O4/c1-20(12-10-14-22(3)28(34)35-8)11-9-13-21(2)27-23(32)19-25-30(6)18-16-26(33)29(4,5)24(30)15-17-31(25,27)7/h9-14,24-26,33H,15-19H2,1-8H3/b12-10+,13-9+,20-11+,22-14+,27-21?/t24-,25-,26-,30-,31-/m0/s1. The first-order valence-corrected chi connectivity index (χ1v) is 13.0. The molecule has 0 radical (unpaired) electrons. The molecular weight excluding hydrogens is 436 g/mol. The SMILES string of the molecule is COC(=O)/C(C)=C/C=C/C(C)=C/C=C/C(C)=C1C(=O)C[C@H]2[C@@]3(C)CC[C@H](O)C(C)(C)[C@@H]3CC[C@]12C. The molecular formula is C31H44O4. The summed E-state index contributed by atoms with van der Waals surface area (Å²) in [7, 11) is 1.38. The van der Waals surface area contributed by atoms with E-state index < -0.39 is 0 Å². The minimum Gasteiger partial charge on any atom is -0.466 e. The first-order chi connectivity index (χ1) is 16.3. The van der Waals surface area contributed by atoms with Crippen molar-refractivity contribution >= 4 is 11.8 Å². The number of rotatable bonds is 5. The fourth-order valence-corrected chi connectivity index (χ4v) is 7.63. The Morgan fingerprint density at radius 1 is 0.971 bits per heavy atom. The molecule has 192 valence electrons. The van der Waals surface area contributed by atoms with E-state index in [1.54, 1.807) is 13.0 Å². The molecule has 3 fully saturated rings. The molecule has 0 aromatic heterocycles. The van der Waals surface area contributed by atoms with Crippen molar-refractivity contribution in [1.82, 2.24) is 0 Å². The van der Waals surface area contributed by atoms with Gasteiger partial charge >= 0.3 is 5.97 Å². The number of methoxy groups -OCH3 is 1. The highest BCUT2D eigenvalue weighted by atomic mass is 16.5. The van der Waals surface area contributed by atoms with Crippen LogP contribution in [0.25, 0.3) is 0 Å². The third-order valence-electron chi connectivity index (χ3n) is 9.58. The normalized spacial score (nSPS) is 36.9. The maximum atomic E-state index is 13.4. The summed E-state index contributed by atoms with van der Waals surface area (Å²) in [6, 6.07) is 0. The van der Waals surface area contributed by atoms with Gasteiger partial charge in [0.2, 0.25) is 0 Å². The first kappa shape index (κ1) is 27.4. The monoisotopic (exact) mass is 480 g/mol. The molecule has 0 unspecified atom stereocenters. The number of hydrogen-bond donors (Lipinski definition) is 1. The van der Waals surface area contributed by atoms with Crippen LogP contribution in [0.15, 0.2) is 58.7 Å². The van der Waals surface area contributed by atoms with Gasteiger partial charge in [-0.2, -0.15) is 0 Å². The van der Waals surface area contributed by atoms with Crippen molar-refractivity contribution in [2.75, 3.05) is 7.11 Å². The average molecular weight is 481 g/mol. The molecule has 3 rings (SSSR count). The molecule has 0 aromatic rings. The van der Waals surface area contributed by atoms with Gasteiger partial charge < -0.3 is 9.84 Å². The summed E-state index contributed by atoms with van der Waals surface area (Å²) >= 11 is 0. The summed E-state index contributed by atoms with van der Waals surface area (Å²) in [4.78, 5) is 24.9. The Morgan fingerprint density at radius 2 is 1.63 bits per heavy atom. The number of esters is 1. The summed E-state index contributed by atoms with van der Waals surface area (Å²) in [6.07, 6.45) is 15.9. The number of carbonyl (C=O) groups is 2. The smallest absolute Gasteiger partial charge is 0.333 e. The first-order valence-electron chi connectivity index (χ1n) is 13.0. The average Bonchev–Trinajstić information content (AvgIpc) is 3.07. The number of aliphatic hydroxyl groups excluding tert-OH is 1. The third kappa shape index (κ3) is 4.91.